The van der Waals surface area contributed by atoms with Crippen LogP contribution in [0.2, 0.25) is 0 Å². The summed E-state index contributed by atoms with van der Waals surface area (Å²) >= 11 is 0. The van der Waals surface area contributed by atoms with Gasteiger partial charge in [-0.2, -0.15) is 0 Å². The van der Waals surface area contributed by atoms with Gasteiger partial charge >= 0.3 is 5.97 Å². The molecule has 0 spiro atoms. The summed E-state index contributed by atoms with van der Waals surface area (Å²) in [4.78, 5) is 28.8. The number of hydrogen-bond donors (Lipinski definition) is 1. The Labute approximate surface area is 101 Å². The second-order valence-electron chi connectivity index (χ2n) is 3.44. The smallest absolute Gasteiger partial charge is 0.352 e. The highest BCUT2D eigenvalue weighted by Crippen LogP contribution is 2.17. The van der Waals surface area contributed by atoms with Gasteiger partial charge in [0.1, 0.15) is 11.5 Å². The molecule has 0 amide bonds. The minimum Gasteiger partial charge on any atom is -0.477 e. The van der Waals surface area contributed by atoms with Crippen molar-refractivity contribution >= 4 is 11.7 Å². The van der Waals surface area contributed by atoms with Gasteiger partial charge in [0.05, 0.1) is 17.7 Å². The van der Waals surface area contributed by atoms with Gasteiger partial charge in [-0.15, -0.1) is 0 Å². The van der Waals surface area contributed by atoms with Gasteiger partial charge in [0.2, 0.25) is 0 Å². The van der Waals surface area contributed by atoms with Crippen molar-refractivity contribution in [1.82, 2.24) is 14.5 Å². The van der Waals surface area contributed by atoms with Crippen LogP contribution in [0.3, 0.4) is 0 Å². The Kier molecular flexibility index (Phi) is 3.00. The first-order valence-electron chi connectivity index (χ1n) is 4.91. The molecule has 0 aliphatic carbocycles. The maximum Gasteiger partial charge on any atom is 0.352 e. The first kappa shape index (κ1) is 11.7. The Morgan fingerprint density at radius 1 is 1.44 bits per heavy atom. The fraction of sp³-hybridized carbons (Fsp3) is 0.100. The molecule has 0 aliphatic heterocycles. The highest BCUT2D eigenvalue weighted by molar-refractivity contribution is 5.86. The van der Waals surface area contributed by atoms with E-state index in [1.54, 1.807) is 6.07 Å². The molecule has 0 unspecified atom stereocenters. The summed E-state index contributed by atoms with van der Waals surface area (Å²) in [6, 6.07) is 2.63. The van der Waals surface area contributed by atoms with E-state index in [1.165, 1.54) is 17.0 Å². The van der Waals surface area contributed by atoms with Gasteiger partial charge in [-0.3, -0.25) is 10.1 Å². The normalized spacial score (nSPS) is 10.2. The molecule has 0 fully saturated rings. The minimum absolute atomic E-state index is 0.0658. The van der Waals surface area contributed by atoms with Gasteiger partial charge in [0.15, 0.2) is 0 Å². The van der Waals surface area contributed by atoms with Crippen molar-refractivity contribution in [2.24, 2.45) is 0 Å². The molecule has 0 bridgehead atoms. The molecule has 8 heteroatoms. The van der Waals surface area contributed by atoms with Crippen molar-refractivity contribution in [3.8, 4) is 0 Å². The Balaban J connectivity index is 2.37. The van der Waals surface area contributed by atoms with Crippen molar-refractivity contribution in [1.29, 1.82) is 0 Å². The Morgan fingerprint density at radius 3 is 2.67 bits per heavy atom. The van der Waals surface area contributed by atoms with Gasteiger partial charge < -0.3 is 9.67 Å². The van der Waals surface area contributed by atoms with Crippen LogP contribution in [0.1, 0.15) is 16.3 Å². The molecule has 2 aromatic rings. The standard InChI is InChI=1S/C10H8N4O4/c15-10(16)8-4-7(14(17)18)5-13(8)6-9-11-2-1-3-12-9/h1-5H,6H2,(H,15,16). The first-order chi connectivity index (χ1) is 8.58. The average Bonchev–Trinajstić information content (AvgIpc) is 2.74. The molecule has 0 aliphatic rings. The van der Waals surface area contributed by atoms with Gasteiger partial charge in [-0.25, -0.2) is 14.8 Å². The molecule has 2 aromatic heterocycles. The number of nitro groups is 1. The summed E-state index contributed by atoms with van der Waals surface area (Å²) in [5.41, 5.74) is -0.447. The van der Waals surface area contributed by atoms with Gasteiger partial charge in [-0.05, 0) is 6.07 Å². The van der Waals surface area contributed by atoms with E-state index in [1.807, 2.05) is 0 Å². The highest BCUT2D eigenvalue weighted by Gasteiger charge is 2.19. The van der Waals surface area contributed by atoms with Crippen molar-refractivity contribution in [3.63, 3.8) is 0 Å². The first-order valence-corrected chi connectivity index (χ1v) is 4.91. The number of aromatic carboxylic acids is 1. The highest BCUT2D eigenvalue weighted by atomic mass is 16.6. The zero-order valence-corrected chi connectivity index (χ0v) is 9.05. The largest absolute Gasteiger partial charge is 0.477 e. The number of rotatable bonds is 4. The predicted octanol–water partition coefficient (Wildman–Crippen LogP) is 0.933. The summed E-state index contributed by atoms with van der Waals surface area (Å²) in [5.74, 6) is -0.857. The lowest BCUT2D eigenvalue weighted by Gasteiger charge is -2.03. The molecule has 0 atom stereocenters. The molecule has 2 heterocycles. The van der Waals surface area contributed by atoms with Crippen LogP contribution in [-0.2, 0) is 6.54 Å². The minimum atomic E-state index is -1.24. The van der Waals surface area contributed by atoms with Gasteiger partial charge in [0, 0.05) is 18.5 Å². The molecular formula is C10H8N4O4. The number of aromatic nitrogens is 3. The van der Waals surface area contributed by atoms with E-state index in [2.05, 4.69) is 9.97 Å². The summed E-state index contributed by atoms with van der Waals surface area (Å²) < 4.78 is 1.23. The van der Waals surface area contributed by atoms with E-state index < -0.39 is 10.9 Å². The zero-order chi connectivity index (χ0) is 13.1. The zero-order valence-electron chi connectivity index (χ0n) is 9.05. The number of hydrogen-bond acceptors (Lipinski definition) is 5. The molecule has 1 N–H and O–H groups in total. The molecule has 8 nitrogen and oxygen atoms in total. The fourth-order valence-corrected chi connectivity index (χ4v) is 1.47. The molecule has 18 heavy (non-hydrogen) atoms. The Hall–Kier alpha value is -2.77. The molecule has 2 rings (SSSR count). The Morgan fingerprint density at radius 2 is 2.11 bits per heavy atom. The van der Waals surface area contributed by atoms with E-state index in [9.17, 15) is 14.9 Å². The average molecular weight is 248 g/mol. The lowest BCUT2D eigenvalue weighted by Crippen LogP contribution is -2.10. The lowest BCUT2D eigenvalue weighted by atomic mass is 10.4. The summed E-state index contributed by atoms with van der Waals surface area (Å²) in [5, 5.41) is 19.6. The monoisotopic (exact) mass is 248 g/mol. The van der Waals surface area contributed by atoms with Crippen LogP contribution in [0, 0.1) is 10.1 Å². The van der Waals surface area contributed by atoms with E-state index in [0.717, 1.165) is 12.3 Å². The molecular weight excluding hydrogens is 240 g/mol. The fourth-order valence-electron chi connectivity index (χ4n) is 1.47. The summed E-state index contributed by atoms with van der Waals surface area (Å²) in [6.07, 6.45) is 4.18. The molecule has 0 radical (unpaired) electrons. The lowest BCUT2D eigenvalue weighted by molar-refractivity contribution is -0.384. The second kappa shape index (κ2) is 4.62. The molecule has 0 saturated carbocycles. The summed E-state index contributed by atoms with van der Waals surface area (Å²) in [6.45, 7) is 0.0658. The topological polar surface area (TPSA) is 111 Å². The van der Waals surface area contributed by atoms with Crippen LogP contribution in [0.4, 0.5) is 5.69 Å². The third kappa shape index (κ3) is 2.32. The van der Waals surface area contributed by atoms with Crippen LogP contribution in [0.5, 0.6) is 0 Å². The van der Waals surface area contributed by atoms with Crippen LogP contribution in [0.15, 0.2) is 30.7 Å². The number of carboxylic acids is 1. The third-order valence-electron chi connectivity index (χ3n) is 2.24. The van der Waals surface area contributed by atoms with Crippen molar-refractivity contribution < 1.29 is 14.8 Å². The van der Waals surface area contributed by atoms with Crippen LogP contribution in [-0.4, -0.2) is 30.5 Å². The van der Waals surface area contributed by atoms with Crippen molar-refractivity contribution in [3.05, 3.63) is 52.4 Å². The quantitative estimate of drug-likeness (QED) is 0.636. The van der Waals surface area contributed by atoms with Crippen LogP contribution in [0.25, 0.3) is 0 Å². The number of nitrogens with zero attached hydrogens (tertiary/aromatic N) is 4. The van der Waals surface area contributed by atoms with Crippen molar-refractivity contribution in [2.75, 3.05) is 0 Å². The van der Waals surface area contributed by atoms with E-state index >= 15 is 0 Å². The summed E-state index contributed by atoms with van der Waals surface area (Å²) in [7, 11) is 0. The second-order valence-corrected chi connectivity index (χ2v) is 3.44. The van der Waals surface area contributed by atoms with E-state index in [4.69, 9.17) is 5.11 Å². The van der Waals surface area contributed by atoms with Gasteiger partial charge in [-0.1, -0.05) is 0 Å². The maximum atomic E-state index is 11.0. The SMILES string of the molecule is O=C(O)c1cc([N+](=O)[O-])cn1Cc1ncccn1. The van der Waals surface area contributed by atoms with Crippen LogP contribution < -0.4 is 0 Å². The molecule has 0 aromatic carbocycles. The predicted molar refractivity (Wildman–Crippen MR) is 59.2 cm³/mol. The molecule has 0 saturated heterocycles. The van der Waals surface area contributed by atoms with Crippen molar-refractivity contribution in [2.45, 2.75) is 6.54 Å². The van der Waals surface area contributed by atoms with E-state index in [0.29, 0.717) is 5.82 Å². The third-order valence-corrected chi connectivity index (χ3v) is 2.24. The van der Waals surface area contributed by atoms with Crippen LogP contribution >= 0.6 is 0 Å². The number of carbonyl (C=O) groups is 1. The Bertz CT molecular complexity index is 593. The van der Waals surface area contributed by atoms with E-state index in [-0.39, 0.29) is 17.9 Å². The maximum absolute atomic E-state index is 11.0. The molecule has 92 valence electrons. The van der Waals surface area contributed by atoms with Gasteiger partial charge in [0.25, 0.3) is 5.69 Å². The number of carboxylic acid groups (broad SMARTS) is 1.